The lowest BCUT2D eigenvalue weighted by Crippen LogP contribution is -1.93. The molecule has 3 nitrogen and oxygen atoms in total. The largest absolute Gasteiger partial charge is 0.464 e. The Balaban J connectivity index is 2.29. The van der Waals surface area contributed by atoms with Crippen molar-refractivity contribution in [3.8, 4) is 11.5 Å². The summed E-state index contributed by atoms with van der Waals surface area (Å²) in [5.41, 5.74) is 0.872. The third kappa shape index (κ3) is 0.877. The molecule has 0 atom stereocenters. The summed E-state index contributed by atoms with van der Waals surface area (Å²) in [6, 6.07) is 9.94. The van der Waals surface area contributed by atoms with Crippen LogP contribution in [0.15, 0.2) is 41.0 Å². The second-order valence-electron chi connectivity index (χ2n) is 3.80. The highest BCUT2D eigenvalue weighted by atomic mass is 16.7. The molecule has 1 aliphatic heterocycles. The van der Waals surface area contributed by atoms with Crippen LogP contribution in [0.4, 0.5) is 0 Å². The molecule has 0 amide bonds. The maximum absolute atomic E-state index is 5.53. The summed E-state index contributed by atoms with van der Waals surface area (Å²) in [5, 5.41) is 3.28. The van der Waals surface area contributed by atoms with Gasteiger partial charge in [0.05, 0.1) is 6.26 Å². The third-order valence-electron chi connectivity index (χ3n) is 2.95. The standard InChI is InChI=1S/C13H8O3/c1-3-10-9(5-6-14-10)12-8(1)2-4-11-13(12)16-7-15-11/h1-6H,7H2. The van der Waals surface area contributed by atoms with Crippen LogP contribution >= 0.6 is 0 Å². The van der Waals surface area contributed by atoms with Gasteiger partial charge < -0.3 is 13.9 Å². The fourth-order valence-corrected chi connectivity index (χ4v) is 2.23. The zero-order valence-corrected chi connectivity index (χ0v) is 8.40. The van der Waals surface area contributed by atoms with E-state index in [0.29, 0.717) is 6.79 Å². The van der Waals surface area contributed by atoms with Crippen LogP contribution in [0.3, 0.4) is 0 Å². The Labute approximate surface area is 91.2 Å². The van der Waals surface area contributed by atoms with Crippen LogP contribution in [-0.2, 0) is 0 Å². The number of hydrogen-bond donors (Lipinski definition) is 0. The molecule has 16 heavy (non-hydrogen) atoms. The highest BCUT2D eigenvalue weighted by molar-refractivity contribution is 6.10. The molecule has 3 aromatic rings. The maximum Gasteiger partial charge on any atom is 0.231 e. The fraction of sp³-hybridized carbons (Fsp3) is 0.0769. The molecule has 78 valence electrons. The summed E-state index contributed by atoms with van der Waals surface area (Å²) < 4.78 is 16.3. The highest BCUT2D eigenvalue weighted by Crippen LogP contribution is 2.42. The SMILES string of the molecule is c1cc2c(ccc3ccc4c(c32)OCO4)o1. The van der Waals surface area contributed by atoms with Gasteiger partial charge in [-0.3, -0.25) is 0 Å². The van der Waals surface area contributed by atoms with Gasteiger partial charge >= 0.3 is 0 Å². The Hall–Kier alpha value is -2.16. The molecule has 0 unspecified atom stereocenters. The number of ether oxygens (including phenoxy) is 2. The number of furan rings is 1. The van der Waals surface area contributed by atoms with Gasteiger partial charge in [0.2, 0.25) is 6.79 Å². The summed E-state index contributed by atoms with van der Waals surface area (Å²) in [4.78, 5) is 0. The molecule has 0 bridgehead atoms. The first-order valence-electron chi connectivity index (χ1n) is 5.12. The van der Waals surface area contributed by atoms with E-state index in [2.05, 4.69) is 0 Å². The first-order chi connectivity index (χ1) is 7.93. The Morgan fingerprint density at radius 3 is 2.88 bits per heavy atom. The quantitative estimate of drug-likeness (QED) is 0.572. The average molecular weight is 212 g/mol. The van der Waals surface area contributed by atoms with E-state index in [9.17, 15) is 0 Å². The van der Waals surface area contributed by atoms with Crippen molar-refractivity contribution in [2.75, 3.05) is 6.79 Å². The van der Waals surface area contributed by atoms with Gasteiger partial charge in [-0.2, -0.15) is 0 Å². The minimum atomic E-state index is 0.294. The van der Waals surface area contributed by atoms with Crippen LogP contribution in [0.1, 0.15) is 0 Å². The monoisotopic (exact) mass is 212 g/mol. The molecule has 0 N–H and O–H groups in total. The van der Waals surface area contributed by atoms with E-state index in [0.717, 1.165) is 33.2 Å². The Bertz CT molecular complexity index is 697. The molecule has 2 heterocycles. The predicted molar refractivity (Wildman–Crippen MR) is 59.8 cm³/mol. The van der Waals surface area contributed by atoms with Crippen molar-refractivity contribution >= 4 is 21.7 Å². The van der Waals surface area contributed by atoms with Gasteiger partial charge in [-0.1, -0.05) is 12.1 Å². The molecule has 0 spiro atoms. The van der Waals surface area contributed by atoms with Crippen molar-refractivity contribution in [1.82, 2.24) is 0 Å². The molecule has 1 aliphatic rings. The number of fused-ring (bicyclic) bond motifs is 5. The van der Waals surface area contributed by atoms with E-state index in [4.69, 9.17) is 13.9 Å². The van der Waals surface area contributed by atoms with Crippen LogP contribution in [0.5, 0.6) is 11.5 Å². The van der Waals surface area contributed by atoms with Gasteiger partial charge in [0.25, 0.3) is 0 Å². The van der Waals surface area contributed by atoms with E-state index in [1.165, 1.54) is 0 Å². The van der Waals surface area contributed by atoms with Crippen LogP contribution in [0.2, 0.25) is 0 Å². The van der Waals surface area contributed by atoms with Crippen LogP contribution < -0.4 is 9.47 Å². The van der Waals surface area contributed by atoms with Crippen LogP contribution in [0, 0.1) is 0 Å². The molecular weight excluding hydrogens is 204 g/mol. The molecular formula is C13H8O3. The third-order valence-corrected chi connectivity index (χ3v) is 2.95. The molecule has 0 radical (unpaired) electrons. The molecule has 3 heteroatoms. The minimum absolute atomic E-state index is 0.294. The van der Waals surface area contributed by atoms with Gasteiger partial charge in [0.1, 0.15) is 5.58 Å². The molecule has 4 rings (SSSR count). The molecule has 2 aromatic carbocycles. The van der Waals surface area contributed by atoms with Gasteiger partial charge in [-0.25, -0.2) is 0 Å². The molecule has 0 saturated carbocycles. The zero-order chi connectivity index (χ0) is 10.5. The van der Waals surface area contributed by atoms with Gasteiger partial charge in [-0.15, -0.1) is 0 Å². The number of hydrogen-bond acceptors (Lipinski definition) is 3. The molecule has 0 saturated heterocycles. The molecule has 1 aromatic heterocycles. The van der Waals surface area contributed by atoms with Gasteiger partial charge in [0.15, 0.2) is 11.5 Å². The second kappa shape index (κ2) is 2.70. The Kier molecular flexibility index (Phi) is 1.36. The van der Waals surface area contributed by atoms with Crippen LogP contribution in [0.25, 0.3) is 21.7 Å². The van der Waals surface area contributed by atoms with Crippen molar-refractivity contribution in [1.29, 1.82) is 0 Å². The average Bonchev–Trinajstić information content (AvgIpc) is 2.96. The smallest absolute Gasteiger partial charge is 0.231 e. The maximum atomic E-state index is 5.53. The lowest BCUT2D eigenvalue weighted by atomic mass is 10.1. The van der Waals surface area contributed by atoms with E-state index in [1.54, 1.807) is 6.26 Å². The van der Waals surface area contributed by atoms with Crippen molar-refractivity contribution in [2.24, 2.45) is 0 Å². The van der Waals surface area contributed by atoms with Crippen molar-refractivity contribution in [3.05, 3.63) is 36.6 Å². The Morgan fingerprint density at radius 1 is 0.938 bits per heavy atom. The second-order valence-corrected chi connectivity index (χ2v) is 3.80. The van der Waals surface area contributed by atoms with E-state index in [1.807, 2.05) is 30.3 Å². The zero-order valence-electron chi connectivity index (χ0n) is 8.40. The first-order valence-corrected chi connectivity index (χ1v) is 5.12. The van der Waals surface area contributed by atoms with Gasteiger partial charge in [-0.05, 0) is 23.6 Å². The minimum Gasteiger partial charge on any atom is -0.464 e. The fourth-order valence-electron chi connectivity index (χ4n) is 2.23. The lowest BCUT2D eigenvalue weighted by Gasteiger charge is -2.03. The summed E-state index contributed by atoms with van der Waals surface area (Å²) in [6.45, 7) is 0.294. The van der Waals surface area contributed by atoms with Crippen molar-refractivity contribution < 1.29 is 13.9 Å². The number of benzene rings is 2. The first kappa shape index (κ1) is 8.05. The molecule has 0 fully saturated rings. The lowest BCUT2D eigenvalue weighted by molar-refractivity contribution is 0.175. The summed E-state index contributed by atoms with van der Waals surface area (Å²) in [7, 11) is 0. The Morgan fingerprint density at radius 2 is 1.88 bits per heavy atom. The number of rotatable bonds is 0. The summed E-state index contributed by atoms with van der Waals surface area (Å²) in [5.74, 6) is 1.63. The molecule has 0 aliphatic carbocycles. The normalized spacial score (nSPS) is 13.8. The topological polar surface area (TPSA) is 31.6 Å². The van der Waals surface area contributed by atoms with Crippen LogP contribution in [-0.4, -0.2) is 6.79 Å². The highest BCUT2D eigenvalue weighted by Gasteiger charge is 2.18. The van der Waals surface area contributed by atoms with Crippen molar-refractivity contribution in [3.63, 3.8) is 0 Å². The predicted octanol–water partition coefficient (Wildman–Crippen LogP) is 3.31. The van der Waals surface area contributed by atoms with E-state index < -0.39 is 0 Å². The van der Waals surface area contributed by atoms with E-state index >= 15 is 0 Å². The van der Waals surface area contributed by atoms with Crippen molar-refractivity contribution in [2.45, 2.75) is 0 Å². The van der Waals surface area contributed by atoms with Gasteiger partial charge in [0, 0.05) is 10.8 Å². The summed E-state index contributed by atoms with van der Waals surface area (Å²) >= 11 is 0. The summed E-state index contributed by atoms with van der Waals surface area (Å²) in [6.07, 6.45) is 1.69. The van der Waals surface area contributed by atoms with E-state index in [-0.39, 0.29) is 0 Å².